The molecule has 0 aliphatic carbocycles. The van der Waals surface area contributed by atoms with Crippen LogP contribution in [0, 0.1) is 18.6 Å². The molecule has 0 fully saturated rings. The molecule has 0 radical (unpaired) electrons. The molecule has 0 aliphatic rings. The monoisotopic (exact) mass is 278 g/mol. The first-order chi connectivity index (χ1) is 9.54. The Kier molecular flexibility index (Phi) is 4.42. The molecule has 0 saturated carbocycles. The van der Waals surface area contributed by atoms with Crippen molar-refractivity contribution in [2.45, 2.75) is 18.9 Å². The van der Waals surface area contributed by atoms with Crippen molar-refractivity contribution in [1.82, 2.24) is 4.98 Å². The Bertz CT molecular complexity index is 590. The van der Waals surface area contributed by atoms with Gasteiger partial charge in [0.1, 0.15) is 11.6 Å². The van der Waals surface area contributed by atoms with Gasteiger partial charge in [-0.3, -0.25) is 4.98 Å². The molecule has 0 saturated heterocycles. The summed E-state index contributed by atoms with van der Waals surface area (Å²) in [6, 6.07) is 5.54. The summed E-state index contributed by atoms with van der Waals surface area (Å²) in [4.78, 5) is 3.89. The maximum absolute atomic E-state index is 13.8. The van der Waals surface area contributed by atoms with Gasteiger partial charge in [-0.15, -0.1) is 0 Å². The van der Waals surface area contributed by atoms with Crippen molar-refractivity contribution in [1.29, 1.82) is 0 Å². The fourth-order valence-electron chi connectivity index (χ4n) is 2.18. The molecule has 0 bridgehead atoms. The van der Waals surface area contributed by atoms with Crippen LogP contribution in [0.4, 0.5) is 8.78 Å². The lowest BCUT2D eigenvalue weighted by Gasteiger charge is -2.23. The Morgan fingerprint density at radius 2 is 1.85 bits per heavy atom. The zero-order valence-corrected chi connectivity index (χ0v) is 11.1. The first-order valence-electron chi connectivity index (χ1n) is 6.28. The maximum atomic E-state index is 13.8. The van der Waals surface area contributed by atoms with E-state index in [4.69, 9.17) is 5.73 Å². The van der Waals surface area contributed by atoms with Gasteiger partial charge in [0, 0.05) is 36.5 Å². The number of hydrogen-bond donors (Lipinski definition) is 2. The largest absolute Gasteiger partial charge is 0.388 e. The maximum Gasteiger partial charge on any atom is 0.131 e. The van der Waals surface area contributed by atoms with Gasteiger partial charge in [-0.25, -0.2) is 8.78 Å². The lowest BCUT2D eigenvalue weighted by Crippen LogP contribution is -2.21. The van der Waals surface area contributed by atoms with Crippen LogP contribution in [0.5, 0.6) is 0 Å². The molecule has 106 valence electrons. The minimum Gasteiger partial charge on any atom is -0.388 e. The van der Waals surface area contributed by atoms with E-state index in [1.165, 1.54) is 13.0 Å². The van der Waals surface area contributed by atoms with Crippen LogP contribution in [-0.4, -0.2) is 16.6 Å². The van der Waals surface area contributed by atoms with Crippen LogP contribution < -0.4 is 5.73 Å². The summed E-state index contributed by atoms with van der Waals surface area (Å²) < 4.78 is 27.1. The number of aryl methyl sites for hydroxylation is 1. The molecule has 20 heavy (non-hydrogen) atoms. The molecule has 1 heterocycles. The minimum atomic E-state index is -1.14. The van der Waals surface area contributed by atoms with Crippen molar-refractivity contribution in [2.75, 3.05) is 6.54 Å². The number of aromatic nitrogens is 1. The molecule has 0 amide bonds. The molecule has 2 aromatic rings. The average molecular weight is 278 g/mol. The fraction of sp³-hybridized carbons (Fsp3) is 0.267. The van der Waals surface area contributed by atoms with E-state index in [1.54, 1.807) is 24.5 Å². The summed E-state index contributed by atoms with van der Waals surface area (Å²) in [6.07, 6.45) is 2.02. The van der Waals surface area contributed by atoms with E-state index >= 15 is 0 Å². The number of aliphatic hydroxyl groups excluding tert-OH is 1. The van der Waals surface area contributed by atoms with Crippen LogP contribution in [-0.2, 0) is 0 Å². The molecule has 3 nitrogen and oxygen atoms in total. The van der Waals surface area contributed by atoms with E-state index in [9.17, 15) is 13.9 Å². The number of benzene rings is 1. The zero-order chi connectivity index (χ0) is 14.7. The highest BCUT2D eigenvalue weighted by atomic mass is 19.1. The molecule has 1 aromatic heterocycles. The van der Waals surface area contributed by atoms with Gasteiger partial charge in [-0.2, -0.15) is 0 Å². The SMILES string of the molecule is Cc1cc(C(O)C(CN)c2ccncc2)c(F)cc1F. The number of pyridine rings is 1. The van der Waals surface area contributed by atoms with Crippen LogP contribution in [0.25, 0.3) is 0 Å². The normalized spacial score (nSPS) is 14.1. The van der Waals surface area contributed by atoms with Crippen LogP contribution in [0.3, 0.4) is 0 Å². The molecule has 5 heteroatoms. The number of nitrogens with two attached hydrogens (primary N) is 1. The van der Waals surface area contributed by atoms with E-state index in [0.717, 1.165) is 11.6 Å². The smallest absolute Gasteiger partial charge is 0.131 e. The fourth-order valence-corrected chi connectivity index (χ4v) is 2.18. The first kappa shape index (κ1) is 14.6. The van der Waals surface area contributed by atoms with Crippen molar-refractivity contribution in [3.63, 3.8) is 0 Å². The molecular formula is C15H16F2N2O. The first-order valence-corrected chi connectivity index (χ1v) is 6.28. The summed E-state index contributed by atoms with van der Waals surface area (Å²) in [6.45, 7) is 1.66. The van der Waals surface area contributed by atoms with Gasteiger partial charge in [-0.1, -0.05) is 0 Å². The highest BCUT2D eigenvalue weighted by Gasteiger charge is 2.25. The molecule has 2 atom stereocenters. The Balaban J connectivity index is 2.39. The van der Waals surface area contributed by atoms with Crippen LogP contribution in [0.1, 0.15) is 28.7 Å². The Morgan fingerprint density at radius 1 is 1.20 bits per heavy atom. The van der Waals surface area contributed by atoms with Crippen molar-refractivity contribution in [2.24, 2.45) is 5.73 Å². The second kappa shape index (κ2) is 6.07. The third-order valence-corrected chi connectivity index (χ3v) is 3.37. The van der Waals surface area contributed by atoms with Gasteiger partial charge in [0.05, 0.1) is 6.10 Å². The highest BCUT2D eigenvalue weighted by molar-refractivity contribution is 5.31. The summed E-state index contributed by atoms with van der Waals surface area (Å²) in [5.41, 5.74) is 6.78. The standard InChI is InChI=1S/C15H16F2N2O/c1-9-6-11(14(17)7-13(9)16)15(20)12(8-18)10-2-4-19-5-3-10/h2-7,12,15,20H,8,18H2,1H3. The van der Waals surface area contributed by atoms with Gasteiger partial charge < -0.3 is 10.8 Å². The van der Waals surface area contributed by atoms with E-state index in [1.807, 2.05) is 0 Å². The number of nitrogens with zero attached hydrogens (tertiary/aromatic N) is 1. The lowest BCUT2D eigenvalue weighted by molar-refractivity contribution is 0.143. The highest BCUT2D eigenvalue weighted by Crippen LogP contribution is 2.32. The third-order valence-electron chi connectivity index (χ3n) is 3.37. The van der Waals surface area contributed by atoms with Gasteiger partial charge in [0.15, 0.2) is 0 Å². The Labute approximate surface area is 116 Å². The second-order valence-electron chi connectivity index (χ2n) is 4.69. The van der Waals surface area contributed by atoms with Crippen molar-refractivity contribution in [3.8, 4) is 0 Å². The van der Waals surface area contributed by atoms with Crippen LogP contribution in [0.2, 0.25) is 0 Å². The Hall–Kier alpha value is -1.85. The van der Waals surface area contributed by atoms with Gasteiger partial charge in [0.2, 0.25) is 0 Å². The van der Waals surface area contributed by atoms with E-state index in [2.05, 4.69) is 4.98 Å². The van der Waals surface area contributed by atoms with Crippen molar-refractivity contribution < 1.29 is 13.9 Å². The molecule has 2 unspecified atom stereocenters. The molecule has 3 N–H and O–H groups in total. The Morgan fingerprint density at radius 3 is 2.45 bits per heavy atom. The number of halogens is 2. The molecule has 1 aromatic carbocycles. The predicted octanol–water partition coefficient (Wildman–Crippen LogP) is 2.44. The molecule has 2 rings (SSSR count). The van der Waals surface area contributed by atoms with Gasteiger partial charge in [0.25, 0.3) is 0 Å². The summed E-state index contributed by atoms with van der Waals surface area (Å²) in [7, 11) is 0. The number of aliphatic hydroxyl groups is 1. The lowest BCUT2D eigenvalue weighted by atomic mass is 9.89. The van der Waals surface area contributed by atoms with E-state index in [-0.39, 0.29) is 17.7 Å². The molecule has 0 spiro atoms. The van der Waals surface area contributed by atoms with E-state index in [0.29, 0.717) is 0 Å². The summed E-state index contributed by atoms with van der Waals surface area (Å²) >= 11 is 0. The third kappa shape index (κ3) is 2.84. The zero-order valence-electron chi connectivity index (χ0n) is 11.1. The second-order valence-corrected chi connectivity index (χ2v) is 4.69. The van der Waals surface area contributed by atoms with Gasteiger partial charge >= 0.3 is 0 Å². The number of rotatable bonds is 4. The van der Waals surface area contributed by atoms with E-state index < -0.39 is 23.7 Å². The summed E-state index contributed by atoms with van der Waals surface area (Å²) in [5.74, 6) is -1.88. The van der Waals surface area contributed by atoms with Crippen LogP contribution >= 0.6 is 0 Å². The quantitative estimate of drug-likeness (QED) is 0.903. The van der Waals surface area contributed by atoms with Crippen molar-refractivity contribution in [3.05, 3.63) is 65.0 Å². The average Bonchev–Trinajstić information content (AvgIpc) is 2.44. The topological polar surface area (TPSA) is 59.1 Å². The number of hydrogen-bond acceptors (Lipinski definition) is 3. The summed E-state index contributed by atoms with van der Waals surface area (Å²) in [5, 5.41) is 10.4. The predicted molar refractivity (Wildman–Crippen MR) is 72.1 cm³/mol. The van der Waals surface area contributed by atoms with Crippen molar-refractivity contribution >= 4 is 0 Å². The molecular weight excluding hydrogens is 262 g/mol. The van der Waals surface area contributed by atoms with Crippen LogP contribution in [0.15, 0.2) is 36.7 Å². The van der Waals surface area contributed by atoms with Gasteiger partial charge in [-0.05, 0) is 36.2 Å². The molecule has 0 aliphatic heterocycles. The minimum absolute atomic E-state index is 0.0520.